The minimum Gasteiger partial charge on any atom is -0.342 e. The highest BCUT2D eigenvalue weighted by Gasteiger charge is 2.29. The van der Waals surface area contributed by atoms with Crippen molar-refractivity contribution in [2.45, 2.75) is 45.6 Å². The molecule has 0 aromatic heterocycles. The first-order valence-electron chi connectivity index (χ1n) is 8.79. The van der Waals surface area contributed by atoms with Crippen molar-refractivity contribution in [3.8, 4) is 0 Å². The lowest BCUT2D eigenvalue weighted by Gasteiger charge is -2.36. The standard InChI is InChI=1S/C19H28N2O/c1-16-7-5-8-17(13-16)14-20-10-6-9-18(15-20)19(22)21-11-3-2-4-12-21/h5,7-8,13,18H,2-4,6,9-12,14-15H2,1H3/t18-/m0/s1. The lowest BCUT2D eigenvalue weighted by atomic mass is 9.95. The lowest BCUT2D eigenvalue weighted by Crippen LogP contribution is -2.46. The van der Waals surface area contributed by atoms with Crippen LogP contribution in [0, 0.1) is 12.8 Å². The van der Waals surface area contributed by atoms with Gasteiger partial charge < -0.3 is 4.90 Å². The number of hydrogen-bond acceptors (Lipinski definition) is 2. The third-order valence-electron chi connectivity index (χ3n) is 5.01. The van der Waals surface area contributed by atoms with Gasteiger partial charge in [-0.15, -0.1) is 0 Å². The average molecular weight is 300 g/mol. The molecule has 0 bridgehead atoms. The van der Waals surface area contributed by atoms with E-state index in [9.17, 15) is 4.79 Å². The van der Waals surface area contributed by atoms with Crippen molar-refractivity contribution in [3.05, 3.63) is 35.4 Å². The maximum atomic E-state index is 12.7. The van der Waals surface area contributed by atoms with E-state index in [-0.39, 0.29) is 5.92 Å². The molecule has 1 aromatic rings. The Morgan fingerprint density at radius 2 is 1.95 bits per heavy atom. The third kappa shape index (κ3) is 3.89. The summed E-state index contributed by atoms with van der Waals surface area (Å²) in [4.78, 5) is 17.3. The maximum absolute atomic E-state index is 12.7. The molecule has 0 aliphatic carbocycles. The van der Waals surface area contributed by atoms with Gasteiger partial charge in [0.15, 0.2) is 0 Å². The monoisotopic (exact) mass is 300 g/mol. The number of amides is 1. The van der Waals surface area contributed by atoms with Gasteiger partial charge in [-0.2, -0.15) is 0 Å². The fourth-order valence-electron chi connectivity index (χ4n) is 3.84. The molecule has 0 saturated carbocycles. The molecule has 1 amide bonds. The number of carbonyl (C=O) groups excluding carboxylic acids is 1. The summed E-state index contributed by atoms with van der Waals surface area (Å²) in [5.41, 5.74) is 2.68. The van der Waals surface area contributed by atoms with Crippen molar-refractivity contribution in [2.24, 2.45) is 5.92 Å². The highest BCUT2D eigenvalue weighted by Crippen LogP contribution is 2.22. The first kappa shape index (κ1) is 15.5. The normalized spacial score (nSPS) is 23.5. The van der Waals surface area contributed by atoms with Crippen molar-refractivity contribution < 1.29 is 4.79 Å². The largest absolute Gasteiger partial charge is 0.342 e. The summed E-state index contributed by atoms with van der Waals surface area (Å²) in [7, 11) is 0. The summed E-state index contributed by atoms with van der Waals surface area (Å²) in [5, 5.41) is 0. The van der Waals surface area contributed by atoms with Crippen LogP contribution in [-0.2, 0) is 11.3 Å². The number of carbonyl (C=O) groups is 1. The molecule has 2 aliphatic rings. The highest BCUT2D eigenvalue weighted by atomic mass is 16.2. The number of aryl methyl sites for hydroxylation is 1. The Kier molecular flexibility index (Phi) is 5.14. The molecule has 0 spiro atoms. The molecule has 0 radical (unpaired) electrons. The summed E-state index contributed by atoms with van der Waals surface area (Å²) >= 11 is 0. The van der Waals surface area contributed by atoms with E-state index in [2.05, 4.69) is 41.0 Å². The van der Waals surface area contributed by atoms with Gasteiger partial charge in [0.25, 0.3) is 0 Å². The number of likely N-dealkylation sites (tertiary alicyclic amines) is 2. The molecule has 0 N–H and O–H groups in total. The Labute approximate surface area is 134 Å². The second-order valence-corrected chi connectivity index (χ2v) is 6.95. The van der Waals surface area contributed by atoms with Gasteiger partial charge in [0.2, 0.25) is 5.91 Å². The van der Waals surface area contributed by atoms with Gasteiger partial charge >= 0.3 is 0 Å². The molecular formula is C19H28N2O. The summed E-state index contributed by atoms with van der Waals surface area (Å²) in [6.07, 6.45) is 5.88. The second-order valence-electron chi connectivity index (χ2n) is 6.95. The SMILES string of the molecule is Cc1cccc(CN2CCC[C@H](C(=O)N3CCCCC3)C2)c1. The topological polar surface area (TPSA) is 23.6 Å². The first-order chi connectivity index (χ1) is 10.7. The zero-order chi connectivity index (χ0) is 15.4. The Balaban J connectivity index is 1.57. The Bertz CT molecular complexity index is 508. The molecule has 2 aliphatic heterocycles. The van der Waals surface area contributed by atoms with E-state index in [1.54, 1.807) is 0 Å². The average Bonchev–Trinajstić information content (AvgIpc) is 2.55. The second kappa shape index (κ2) is 7.28. The molecule has 1 atom stereocenters. The van der Waals surface area contributed by atoms with Crippen molar-refractivity contribution in [1.29, 1.82) is 0 Å². The van der Waals surface area contributed by atoms with E-state index in [0.717, 1.165) is 45.6 Å². The third-order valence-corrected chi connectivity index (χ3v) is 5.01. The van der Waals surface area contributed by atoms with E-state index in [1.165, 1.54) is 30.4 Å². The lowest BCUT2D eigenvalue weighted by molar-refractivity contribution is -0.138. The quantitative estimate of drug-likeness (QED) is 0.856. The van der Waals surface area contributed by atoms with E-state index < -0.39 is 0 Å². The molecule has 2 fully saturated rings. The van der Waals surface area contributed by atoms with E-state index in [1.807, 2.05) is 0 Å². The molecular weight excluding hydrogens is 272 g/mol. The summed E-state index contributed by atoms with van der Waals surface area (Å²) in [5.74, 6) is 0.630. The number of benzene rings is 1. The van der Waals surface area contributed by atoms with Gasteiger partial charge in [0, 0.05) is 26.2 Å². The van der Waals surface area contributed by atoms with Crippen LogP contribution in [-0.4, -0.2) is 41.9 Å². The van der Waals surface area contributed by atoms with Crippen LogP contribution < -0.4 is 0 Å². The number of rotatable bonds is 3. The summed E-state index contributed by atoms with van der Waals surface area (Å²) in [6.45, 7) is 7.13. The molecule has 3 rings (SSSR count). The van der Waals surface area contributed by atoms with Gasteiger partial charge in [-0.3, -0.25) is 9.69 Å². The minimum atomic E-state index is 0.219. The number of nitrogens with zero attached hydrogens (tertiary/aromatic N) is 2. The zero-order valence-electron chi connectivity index (χ0n) is 13.8. The predicted molar refractivity (Wildman–Crippen MR) is 89.6 cm³/mol. The van der Waals surface area contributed by atoms with Crippen LogP contribution in [0.4, 0.5) is 0 Å². The van der Waals surface area contributed by atoms with E-state index in [4.69, 9.17) is 0 Å². The van der Waals surface area contributed by atoms with Crippen LogP contribution in [0.15, 0.2) is 24.3 Å². The van der Waals surface area contributed by atoms with Crippen molar-refractivity contribution in [1.82, 2.24) is 9.80 Å². The van der Waals surface area contributed by atoms with Crippen molar-refractivity contribution in [2.75, 3.05) is 26.2 Å². The molecule has 2 saturated heterocycles. The zero-order valence-corrected chi connectivity index (χ0v) is 13.8. The fraction of sp³-hybridized carbons (Fsp3) is 0.632. The molecule has 22 heavy (non-hydrogen) atoms. The van der Waals surface area contributed by atoms with Crippen LogP contribution in [0.2, 0.25) is 0 Å². The molecule has 0 unspecified atom stereocenters. The Morgan fingerprint density at radius 3 is 2.73 bits per heavy atom. The summed E-state index contributed by atoms with van der Waals surface area (Å²) < 4.78 is 0. The number of hydrogen-bond donors (Lipinski definition) is 0. The molecule has 3 heteroatoms. The van der Waals surface area contributed by atoms with Gasteiger partial charge in [-0.05, 0) is 51.1 Å². The van der Waals surface area contributed by atoms with Gasteiger partial charge in [-0.25, -0.2) is 0 Å². The van der Waals surface area contributed by atoms with Crippen LogP contribution in [0.3, 0.4) is 0 Å². The first-order valence-corrected chi connectivity index (χ1v) is 8.79. The van der Waals surface area contributed by atoms with E-state index in [0.29, 0.717) is 5.91 Å². The molecule has 1 aromatic carbocycles. The van der Waals surface area contributed by atoms with Crippen LogP contribution in [0.25, 0.3) is 0 Å². The van der Waals surface area contributed by atoms with Crippen molar-refractivity contribution in [3.63, 3.8) is 0 Å². The van der Waals surface area contributed by atoms with Gasteiger partial charge in [0.05, 0.1) is 5.92 Å². The minimum absolute atomic E-state index is 0.219. The Morgan fingerprint density at radius 1 is 1.14 bits per heavy atom. The van der Waals surface area contributed by atoms with Gasteiger partial charge in [-0.1, -0.05) is 29.8 Å². The summed E-state index contributed by atoms with van der Waals surface area (Å²) in [6, 6.07) is 8.73. The predicted octanol–water partition coefficient (Wildman–Crippen LogP) is 3.22. The van der Waals surface area contributed by atoms with Crippen LogP contribution in [0.1, 0.15) is 43.2 Å². The molecule has 3 nitrogen and oxygen atoms in total. The Hall–Kier alpha value is -1.35. The number of piperidine rings is 2. The maximum Gasteiger partial charge on any atom is 0.226 e. The molecule has 120 valence electrons. The smallest absolute Gasteiger partial charge is 0.226 e. The highest BCUT2D eigenvalue weighted by molar-refractivity contribution is 5.79. The fourth-order valence-corrected chi connectivity index (χ4v) is 3.84. The van der Waals surface area contributed by atoms with E-state index >= 15 is 0 Å². The van der Waals surface area contributed by atoms with Crippen LogP contribution >= 0.6 is 0 Å². The van der Waals surface area contributed by atoms with Gasteiger partial charge in [0.1, 0.15) is 0 Å². The molecule has 2 heterocycles. The van der Waals surface area contributed by atoms with Crippen molar-refractivity contribution >= 4 is 5.91 Å². The van der Waals surface area contributed by atoms with Crippen LogP contribution in [0.5, 0.6) is 0 Å².